The molecule has 2 fully saturated rings. The zero-order chi connectivity index (χ0) is 15.3. The molecule has 22 heavy (non-hydrogen) atoms. The monoisotopic (exact) mass is 311 g/mol. The molecule has 2 aromatic heterocycles. The van der Waals surface area contributed by atoms with Crippen LogP contribution in [0.25, 0.3) is 11.4 Å². The number of fused-ring (bicyclic) bond motifs is 2. The van der Waals surface area contributed by atoms with Gasteiger partial charge in [-0.05, 0) is 18.6 Å². The number of nitrogens with zero attached hydrogens (tertiary/aromatic N) is 4. The Hall–Kier alpha value is -2.16. The third kappa shape index (κ3) is 2.21. The summed E-state index contributed by atoms with van der Waals surface area (Å²) in [5, 5.41) is 6.75. The lowest BCUT2D eigenvalue weighted by atomic mass is 10.2. The first-order chi connectivity index (χ1) is 10.5. The van der Waals surface area contributed by atoms with Crippen molar-refractivity contribution >= 4 is 5.82 Å². The highest BCUT2D eigenvalue weighted by molar-refractivity contribution is 5.56. The average Bonchev–Trinajstić information content (AvgIpc) is 3.22. The van der Waals surface area contributed by atoms with Gasteiger partial charge < -0.3 is 14.7 Å². The molecule has 2 aliphatic rings. The molecule has 0 aliphatic carbocycles. The summed E-state index contributed by atoms with van der Waals surface area (Å²) in [5.74, 6) is -0.650. The van der Waals surface area contributed by atoms with Gasteiger partial charge in [0.1, 0.15) is 5.82 Å². The van der Waals surface area contributed by atoms with E-state index >= 15 is 0 Å². The number of halogens is 3. The lowest BCUT2D eigenvalue weighted by Crippen LogP contribution is -2.43. The normalized spacial score (nSPS) is 24.2. The van der Waals surface area contributed by atoms with Crippen molar-refractivity contribution in [3.05, 3.63) is 24.2 Å². The van der Waals surface area contributed by atoms with Crippen LogP contribution in [0.3, 0.4) is 0 Å². The second-order valence-corrected chi connectivity index (χ2v) is 5.47. The van der Waals surface area contributed by atoms with Gasteiger partial charge in [-0.3, -0.25) is 0 Å². The van der Waals surface area contributed by atoms with Crippen molar-refractivity contribution in [2.24, 2.45) is 0 Å². The Bertz CT molecular complexity index is 684. The molecule has 2 bridgehead atoms. The summed E-state index contributed by atoms with van der Waals surface area (Å²) >= 11 is 0. The van der Waals surface area contributed by atoms with Crippen LogP contribution in [0.1, 0.15) is 12.3 Å². The summed E-state index contributed by atoms with van der Waals surface area (Å²) in [6, 6.07) is 4.37. The molecular weight excluding hydrogens is 299 g/mol. The summed E-state index contributed by atoms with van der Waals surface area (Å²) in [6.07, 6.45) is -2.07. The molecule has 0 spiro atoms. The molecule has 6 nitrogen and oxygen atoms in total. The van der Waals surface area contributed by atoms with Gasteiger partial charge in [-0.25, -0.2) is 4.98 Å². The summed E-state index contributed by atoms with van der Waals surface area (Å²) in [5.41, 5.74) is 0.394. The summed E-state index contributed by atoms with van der Waals surface area (Å²) in [4.78, 5) is 9.88. The minimum Gasteiger partial charge on any atom is -0.351 e. The average molecular weight is 311 g/mol. The highest BCUT2D eigenvalue weighted by Crippen LogP contribution is 2.31. The molecule has 4 heterocycles. The third-order valence-electron chi connectivity index (χ3n) is 4.03. The quantitative estimate of drug-likeness (QED) is 0.910. The maximum absolute atomic E-state index is 12.4. The molecular formula is C13H12F3N5O. The predicted molar refractivity (Wildman–Crippen MR) is 70.1 cm³/mol. The number of nitrogens with one attached hydrogen (secondary N) is 1. The van der Waals surface area contributed by atoms with Crippen LogP contribution in [0.5, 0.6) is 0 Å². The minimum atomic E-state index is -4.64. The highest BCUT2D eigenvalue weighted by Gasteiger charge is 2.39. The third-order valence-corrected chi connectivity index (χ3v) is 4.03. The van der Waals surface area contributed by atoms with Crippen LogP contribution in [0.4, 0.5) is 19.0 Å². The maximum Gasteiger partial charge on any atom is 0.471 e. The largest absolute Gasteiger partial charge is 0.471 e. The molecule has 1 unspecified atom stereocenters. The number of rotatable bonds is 2. The Balaban J connectivity index is 1.56. The van der Waals surface area contributed by atoms with E-state index in [1.165, 1.54) is 6.20 Å². The van der Waals surface area contributed by atoms with Gasteiger partial charge in [-0.1, -0.05) is 5.16 Å². The number of hydrogen-bond acceptors (Lipinski definition) is 6. The first-order valence-corrected chi connectivity index (χ1v) is 6.88. The summed E-state index contributed by atoms with van der Waals surface area (Å²) in [6.45, 7) is 1.84. The van der Waals surface area contributed by atoms with E-state index in [4.69, 9.17) is 0 Å². The van der Waals surface area contributed by atoms with E-state index in [2.05, 4.69) is 29.9 Å². The predicted octanol–water partition coefficient (Wildman–Crippen LogP) is 1.70. The molecule has 4 rings (SSSR count). The topological polar surface area (TPSA) is 67.1 Å². The molecule has 2 aliphatic heterocycles. The Morgan fingerprint density at radius 1 is 1.32 bits per heavy atom. The van der Waals surface area contributed by atoms with Crippen LogP contribution >= 0.6 is 0 Å². The zero-order valence-corrected chi connectivity index (χ0v) is 11.3. The first-order valence-electron chi connectivity index (χ1n) is 6.88. The molecule has 0 saturated carbocycles. The fourth-order valence-corrected chi connectivity index (χ4v) is 2.99. The van der Waals surface area contributed by atoms with Crippen molar-refractivity contribution in [1.29, 1.82) is 0 Å². The number of aromatic nitrogens is 3. The first kappa shape index (κ1) is 13.5. The van der Waals surface area contributed by atoms with E-state index in [1.54, 1.807) is 12.1 Å². The van der Waals surface area contributed by atoms with Crippen LogP contribution in [-0.4, -0.2) is 40.3 Å². The van der Waals surface area contributed by atoms with E-state index in [1.807, 2.05) is 0 Å². The number of hydrogen-bond donors (Lipinski definition) is 1. The maximum atomic E-state index is 12.4. The highest BCUT2D eigenvalue weighted by atomic mass is 19.4. The van der Waals surface area contributed by atoms with Crippen LogP contribution in [0, 0.1) is 0 Å². The Morgan fingerprint density at radius 3 is 2.73 bits per heavy atom. The van der Waals surface area contributed by atoms with Gasteiger partial charge in [-0.15, -0.1) is 0 Å². The van der Waals surface area contributed by atoms with Crippen molar-refractivity contribution in [2.75, 3.05) is 18.0 Å². The standard InChI is InChI=1S/C13H12F3N5O/c14-13(15,16)12-19-11(20-22-12)7-1-2-10(18-4-7)21-6-8-3-9(21)5-17-8/h1-2,4,8-9,17H,3,5-6H2/t8-,9?/m0/s1. The Labute approximate surface area is 123 Å². The van der Waals surface area contributed by atoms with Gasteiger partial charge >= 0.3 is 12.1 Å². The number of anilines is 1. The molecule has 2 saturated heterocycles. The molecule has 116 valence electrons. The van der Waals surface area contributed by atoms with Gasteiger partial charge in [0.2, 0.25) is 5.82 Å². The van der Waals surface area contributed by atoms with E-state index in [0.717, 1.165) is 25.3 Å². The van der Waals surface area contributed by atoms with Crippen molar-refractivity contribution < 1.29 is 17.7 Å². The molecule has 0 aromatic carbocycles. The molecule has 9 heteroatoms. The van der Waals surface area contributed by atoms with E-state index in [9.17, 15) is 13.2 Å². The lowest BCUT2D eigenvalue weighted by molar-refractivity contribution is -0.159. The van der Waals surface area contributed by atoms with Crippen molar-refractivity contribution in [3.63, 3.8) is 0 Å². The van der Waals surface area contributed by atoms with Crippen molar-refractivity contribution in [1.82, 2.24) is 20.4 Å². The van der Waals surface area contributed by atoms with Gasteiger partial charge in [0, 0.05) is 36.9 Å². The Morgan fingerprint density at radius 2 is 2.18 bits per heavy atom. The molecule has 1 N–H and O–H groups in total. The molecule has 2 atom stereocenters. The van der Waals surface area contributed by atoms with Crippen molar-refractivity contribution in [3.8, 4) is 11.4 Å². The molecule has 0 radical (unpaired) electrons. The smallest absolute Gasteiger partial charge is 0.351 e. The van der Waals surface area contributed by atoms with Crippen LogP contribution in [0.15, 0.2) is 22.9 Å². The van der Waals surface area contributed by atoms with Gasteiger partial charge in [-0.2, -0.15) is 18.2 Å². The summed E-state index contributed by atoms with van der Waals surface area (Å²) < 4.78 is 41.6. The molecule has 2 aromatic rings. The number of alkyl halides is 3. The van der Waals surface area contributed by atoms with Gasteiger partial charge in [0.15, 0.2) is 0 Å². The second-order valence-electron chi connectivity index (χ2n) is 5.47. The van der Waals surface area contributed by atoms with Crippen LogP contribution in [0.2, 0.25) is 0 Å². The van der Waals surface area contributed by atoms with E-state index < -0.39 is 12.1 Å². The fraction of sp³-hybridized carbons (Fsp3) is 0.462. The zero-order valence-electron chi connectivity index (χ0n) is 11.3. The van der Waals surface area contributed by atoms with E-state index in [0.29, 0.717) is 17.6 Å². The van der Waals surface area contributed by atoms with Crippen molar-refractivity contribution in [2.45, 2.75) is 24.7 Å². The Kier molecular flexibility index (Phi) is 2.86. The van der Waals surface area contributed by atoms with Crippen LogP contribution < -0.4 is 10.2 Å². The number of pyridine rings is 1. The number of piperazine rings is 1. The SMILES string of the molecule is FC(F)(F)c1nc(-c2ccc(N3C[C@@H]4CC3CN4)nc2)no1. The fourth-order valence-electron chi connectivity index (χ4n) is 2.99. The lowest BCUT2D eigenvalue weighted by Gasteiger charge is -2.28. The van der Waals surface area contributed by atoms with Crippen LogP contribution in [-0.2, 0) is 6.18 Å². The van der Waals surface area contributed by atoms with Gasteiger partial charge in [0.05, 0.1) is 0 Å². The summed E-state index contributed by atoms with van der Waals surface area (Å²) in [7, 11) is 0. The van der Waals surface area contributed by atoms with E-state index in [-0.39, 0.29) is 5.82 Å². The second kappa shape index (κ2) is 4.67. The molecule has 0 amide bonds. The minimum absolute atomic E-state index is 0.115. The van der Waals surface area contributed by atoms with Gasteiger partial charge in [0.25, 0.3) is 0 Å².